The molecular formula is C10H13N3. The molecule has 0 N–H and O–H groups in total. The Morgan fingerprint density at radius 3 is 2.23 bits per heavy atom. The summed E-state index contributed by atoms with van der Waals surface area (Å²) in [6.45, 7) is 2.31. The third-order valence-corrected chi connectivity index (χ3v) is 3.16. The van der Waals surface area contributed by atoms with Gasteiger partial charge in [0.25, 0.3) is 0 Å². The molecular weight excluding hydrogens is 162 g/mol. The van der Waals surface area contributed by atoms with Gasteiger partial charge in [0.1, 0.15) is 0 Å². The van der Waals surface area contributed by atoms with E-state index in [-0.39, 0.29) is 0 Å². The van der Waals surface area contributed by atoms with Crippen LogP contribution >= 0.6 is 0 Å². The van der Waals surface area contributed by atoms with E-state index in [9.17, 15) is 0 Å². The predicted octanol–water partition coefficient (Wildman–Crippen LogP) is 0.993. The zero-order chi connectivity index (χ0) is 8.84. The van der Waals surface area contributed by atoms with Gasteiger partial charge in [-0.2, -0.15) is 0 Å². The van der Waals surface area contributed by atoms with Crippen molar-refractivity contribution in [2.45, 2.75) is 18.3 Å². The molecule has 2 unspecified atom stereocenters. The summed E-state index contributed by atoms with van der Waals surface area (Å²) < 4.78 is 0. The first-order valence-electron chi connectivity index (χ1n) is 4.84. The molecule has 1 fully saturated rings. The van der Waals surface area contributed by atoms with Gasteiger partial charge in [0.05, 0.1) is 11.4 Å². The molecule has 0 amide bonds. The smallest absolute Gasteiger partial charge is 0.0666 e. The van der Waals surface area contributed by atoms with E-state index in [4.69, 9.17) is 0 Å². The number of fused-ring (bicyclic) bond motifs is 5. The largest absolute Gasteiger partial charge is 0.305 e. The summed E-state index contributed by atoms with van der Waals surface area (Å²) in [4.78, 5) is 11.3. The molecule has 1 aromatic rings. The molecule has 2 bridgehead atoms. The summed E-state index contributed by atoms with van der Waals surface area (Å²) in [5.74, 6) is 1.29. The molecule has 2 aliphatic rings. The first kappa shape index (κ1) is 7.44. The first-order valence-corrected chi connectivity index (χ1v) is 4.84. The van der Waals surface area contributed by atoms with E-state index in [0.717, 1.165) is 13.1 Å². The van der Waals surface area contributed by atoms with E-state index in [1.807, 2.05) is 12.4 Å². The fraction of sp³-hybridized carbons (Fsp3) is 0.600. The number of hydrogen-bond donors (Lipinski definition) is 0. The Morgan fingerprint density at radius 1 is 1.15 bits per heavy atom. The number of rotatable bonds is 0. The number of hydrogen-bond acceptors (Lipinski definition) is 3. The number of piperidine rings is 1. The van der Waals surface area contributed by atoms with Gasteiger partial charge in [-0.05, 0) is 13.5 Å². The van der Waals surface area contributed by atoms with Gasteiger partial charge in [0.15, 0.2) is 0 Å². The Kier molecular flexibility index (Phi) is 1.44. The molecule has 0 spiro atoms. The van der Waals surface area contributed by atoms with E-state index in [1.54, 1.807) is 0 Å². The van der Waals surface area contributed by atoms with E-state index in [2.05, 4.69) is 21.9 Å². The molecule has 2 heterocycles. The van der Waals surface area contributed by atoms with Crippen molar-refractivity contribution in [3.05, 3.63) is 23.8 Å². The van der Waals surface area contributed by atoms with Gasteiger partial charge in [-0.3, -0.25) is 9.97 Å². The average Bonchev–Trinajstić information content (AvgIpc) is 2.41. The Balaban J connectivity index is 2.09. The summed E-state index contributed by atoms with van der Waals surface area (Å²) in [6, 6.07) is 0. The van der Waals surface area contributed by atoms with Crippen molar-refractivity contribution in [3.8, 4) is 0 Å². The normalized spacial score (nSPS) is 31.8. The summed E-state index contributed by atoms with van der Waals surface area (Å²) in [5.41, 5.74) is 2.52. The van der Waals surface area contributed by atoms with Crippen LogP contribution in [0.2, 0.25) is 0 Å². The van der Waals surface area contributed by atoms with Crippen molar-refractivity contribution in [2.24, 2.45) is 0 Å². The molecule has 68 valence electrons. The maximum absolute atomic E-state index is 4.45. The first-order chi connectivity index (χ1) is 6.34. The molecule has 3 rings (SSSR count). The van der Waals surface area contributed by atoms with Gasteiger partial charge in [-0.1, -0.05) is 0 Å². The van der Waals surface area contributed by atoms with E-state index >= 15 is 0 Å². The third-order valence-electron chi connectivity index (χ3n) is 3.16. The van der Waals surface area contributed by atoms with Crippen LogP contribution in [-0.4, -0.2) is 35.0 Å². The maximum atomic E-state index is 4.45. The maximum Gasteiger partial charge on any atom is 0.0666 e. The van der Waals surface area contributed by atoms with Crippen LogP contribution in [-0.2, 0) is 0 Å². The van der Waals surface area contributed by atoms with Gasteiger partial charge >= 0.3 is 0 Å². The summed E-state index contributed by atoms with van der Waals surface area (Å²) in [7, 11) is 2.19. The number of likely N-dealkylation sites (N-methyl/N-ethyl adjacent to an activating group) is 1. The highest BCUT2D eigenvalue weighted by Crippen LogP contribution is 2.42. The minimum absolute atomic E-state index is 0.646. The topological polar surface area (TPSA) is 29.0 Å². The van der Waals surface area contributed by atoms with Crippen molar-refractivity contribution in [3.63, 3.8) is 0 Å². The van der Waals surface area contributed by atoms with E-state index in [0.29, 0.717) is 11.8 Å². The monoisotopic (exact) mass is 175 g/mol. The van der Waals surface area contributed by atoms with E-state index < -0.39 is 0 Å². The Morgan fingerprint density at radius 2 is 1.69 bits per heavy atom. The molecule has 3 nitrogen and oxygen atoms in total. The van der Waals surface area contributed by atoms with Gasteiger partial charge < -0.3 is 4.90 Å². The van der Waals surface area contributed by atoms with Crippen molar-refractivity contribution < 1.29 is 0 Å². The van der Waals surface area contributed by atoms with Crippen LogP contribution in [0.15, 0.2) is 12.4 Å². The van der Waals surface area contributed by atoms with Crippen LogP contribution in [0.3, 0.4) is 0 Å². The SMILES string of the molecule is CN1CC2CC(C1)c1nccnc12. The lowest BCUT2D eigenvalue weighted by Gasteiger charge is -2.27. The number of nitrogens with zero attached hydrogens (tertiary/aromatic N) is 3. The second-order valence-corrected chi connectivity index (χ2v) is 4.18. The van der Waals surface area contributed by atoms with Crippen LogP contribution in [0.5, 0.6) is 0 Å². The molecule has 0 radical (unpaired) electrons. The molecule has 0 aromatic carbocycles. The highest BCUT2D eigenvalue weighted by atomic mass is 15.1. The Labute approximate surface area is 77.8 Å². The molecule has 13 heavy (non-hydrogen) atoms. The summed E-state index contributed by atoms with van der Waals surface area (Å²) in [5, 5.41) is 0. The van der Waals surface area contributed by atoms with Crippen LogP contribution in [0.1, 0.15) is 29.6 Å². The van der Waals surface area contributed by atoms with Crippen molar-refractivity contribution in [1.29, 1.82) is 0 Å². The van der Waals surface area contributed by atoms with Crippen LogP contribution < -0.4 is 0 Å². The number of aromatic nitrogens is 2. The van der Waals surface area contributed by atoms with Crippen LogP contribution in [0, 0.1) is 0 Å². The van der Waals surface area contributed by atoms with Gasteiger partial charge in [-0.15, -0.1) is 0 Å². The third kappa shape index (κ3) is 1.000. The highest BCUT2D eigenvalue weighted by Gasteiger charge is 2.38. The van der Waals surface area contributed by atoms with Gasteiger partial charge in [0, 0.05) is 37.3 Å². The second-order valence-electron chi connectivity index (χ2n) is 4.18. The lowest BCUT2D eigenvalue weighted by Crippen LogP contribution is -2.31. The minimum Gasteiger partial charge on any atom is -0.305 e. The van der Waals surface area contributed by atoms with Crippen molar-refractivity contribution in [2.75, 3.05) is 20.1 Å². The molecule has 1 aromatic heterocycles. The molecule has 3 heteroatoms. The second kappa shape index (κ2) is 2.51. The molecule has 1 aliphatic carbocycles. The fourth-order valence-electron chi connectivity index (χ4n) is 2.70. The molecule has 1 aliphatic heterocycles. The summed E-state index contributed by atoms with van der Waals surface area (Å²) >= 11 is 0. The number of likely N-dealkylation sites (tertiary alicyclic amines) is 1. The lowest BCUT2D eigenvalue weighted by atomic mass is 9.98. The molecule has 1 saturated heterocycles. The summed E-state index contributed by atoms with van der Waals surface area (Å²) in [6.07, 6.45) is 4.91. The lowest BCUT2D eigenvalue weighted by molar-refractivity contribution is 0.243. The van der Waals surface area contributed by atoms with Gasteiger partial charge in [-0.25, -0.2) is 0 Å². The zero-order valence-electron chi connectivity index (χ0n) is 7.77. The highest BCUT2D eigenvalue weighted by molar-refractivity contribution is 5.29. The van der Waals surface area contributed by atoms with Gasteiger partial charge in [0.2, 0.25) is 0 Å². The predicted molar refractivity (Wildman–Crippen MR) is 49.6 cm³/mol. The van der Waals surface area contributed by atoms with E-state index in [1.165, 1.54) is 17.8 Å². The van der Waals surface area contributed by atoms with Crippen molar-refractivity contribution >= 4 is 0 Å². The zero-order valence-corrected chi connectivity index (χ0v) is 7.77. The molecule has 2 atom stereocenters. The minimum atomic E-state index is 0.646. The molecule has 0 saturated carbocycles. The van der Waals surface area contributed by atoms with Crippen LogP contribution in [0.25, 0.3) is 0 Å². The fourth-order valence-corrected chi connectivity index (χ4v) is 2.70. The quantitative estimate of drug-likeness (QED) is 0.589. The Bertz CT molecular complexity index is 302. The Hall–Kier alpha value is -0.960. The van der Waals surface area contributed by atoms with Crippen LogP contribution in [0.4, 0.5) is 0 Å². The average molecular weight is 175 g/mol. The standard InChI is InChI=1S/C10H13N3/c1-13-5-7-4-8(6-13)10-9(7)11-2-3-12-10/h2-3,7-8H,4-6H2,1H3. The van der Waals surface area contributed by atoms with Crippen molar-refractivity contribution in [1.82, 2.24) is 14.9 Å².